The second-order valence-corrected chi connectivity index (χ2v) is 4.36. The Labute approximate surface area is 94.0 Å². The summed E-state index contributed by atoms with van der Waals surface area (Å²) in [4.78, 5) is 2.09. The number of hydrogen-bond acceptors (Lipinski definition) is 2. The molecule has 0 spiro atoms. The zero-order valence-electron chi connectivity index (χ0n) is 9.29. The molecular formula is C12H16F2N2. The summed E-state index contributed by atoms with van der Waals surface area (Å²) in [5, 5.41) is 0. The van der Waals surface area contributed by atoms with Crippen molar-refractivity contribution in [3.05, 3.63) is 35.4 Å². The highest BCUT2D eigenvalue weighted by molar-refractivity contribution is 5.22. The minimum atomic E-state index is -0.784. The number of nitrogens with two attached hydrogens (primary N) is 1. The Morgan fingerprint density at radius 3 is 2.81 bits per heavy atom. The fraction of sp³-hybridized carbons (Fsp3) is 0.500. The second kappa shape index (κ2) is 4.47. The maximum absolute atomic E-state index is 13.6. The average Bonchev–Trinajstić information content (AvgIpc) is 2.68. The molecule has 1 saturated heterocycles. The zero-order chi connectivity index (χ0) is 11.7. The van der Waals surface area contributed by atoms with Gasteiger partial charge in [0.1, 0.15) is 0 Å². The topological polar surface area (TPSA) is 29.3 Å². The number of likely N-dealkylation sites (tertiary alicyclic amines) is 1. The van der Waals surface area contributed by atoms with E-state index in [1.807, 2.05) is 6.92 Å². The van der Waals surface area contributed by atoms with Crippen LogP contribution in [0.5, 0.6) is 0 Å². The van der Waals surface area contributed by atoms with Crippen LogP contribution in [0.25, 0.3) is 0 Å². The highest BCUT2D eigenvalue weighted by Crippen LogP contribution is 2.26. The van der Waals surface area contributed by atoms with Crippen LogP contribution in [0.4, 0.5) is 8.78 Å². The fourth-order valence-corrected chi connectivity index (χ4v) is 2.21. The van der Waals surface area contributed by atoms with Gasteiger partial charge in [-0.25, -0.2) is 8.78 Å². The summed E-state index contributed by atoms with van der Waals surface area (Å²) < 4.78 is 26.7. The molecule has 0 radical (unpaired) electrons. The molecule has 1 aromatic rings. The van der Waals surface area contributed by atoms with Crippen LogP contribution in [0.15, 0.2) is 18.2 Å². The van der Waals surface area contributed by atoms with Crippen LogP contribution in [-0.2, 0) is 0 Å². The van der Waals surface area contributed by atoms with Crippen molar-refractivity contribution >= 4 is 0 Å². The van der Waals surface area contributed by atoms with Gasteiger partial charge in [-0.3, -0.25) is 4.90 Å². The monoisotopic (exact) mass is 226 g/mol. The summed E-state index contributed by atoms with van der Waals surface area (Å²) in [6.07, 6.45) is 0.918. The first kappa shape index (κ1) is 11.5. The van der Waals surface area contributed by atoms with Crippen LogP contribution in [0.2, 0.25) is 0 Å². The van der Waals surface area contributed by atoms with E-state index in [0.29, 0.717) is 5.56 Å². The Morgan fingerprint density at radius 1 is 1.44 bits per heavy atom. The summed E-state index contributed by atoms with van der Waals surface area (Å²) in [7, 11) is 0. The molecular weight excluding hydrogens is 210 g/mol. The Kier molecular flexibility index (Phi) is 3.21. The van der Waals surface area contributed by atoms with Crippen LogP contribution in [0.1, 0.15) is 24.9 Å². The molecule has 88 valence electrons. The predicted octanol–water partition coefficient (Wildman–Crippen LogP) is 2.06. The third-order valence-corrected chi connectivity index (χ3v) is 3.24. The van der Waals surface area contributed by atoms with E-state index in [1.165, 1.54) is 0 Å². The maximum atomic E-state index is 13.6. The molecule has 1 heterocycles. The third kappa shape index (κ3) is 2.08. The quantitative estimate of drug-likeness (QED) is 0.836. The van der Waals surface area contributed by atoms with Crippen LogP contribution < -0.4 is 5.73 Å². The molecule has 2 N–H and O–H groups in total. The van der Waals surface area contributed by atoms with Gasteiger partial charge < -0.3 is 5.73 Å². The Bertz CT molecular complexity index is 381. The average molecular weight is 226 g/mol. The molecule has 2 rings (SSSR count). The van der Waals surface area contributed by atoms with Crippen molar-refractivity contribution in [3.8, 4) is 0 Å². The highest BCUT2D eigenvalue weighted by Gasteiger charge is 2.26. The Morgan fingerprint density at radius 2 is 2.19 bits per heavy atom. The lowest BCUT2D eigenvalue weighted by molar-refractivity contribution is 0.252. The number of benzene rings is 1. The molecule has 4 heteroatoms. The Hall–Kier alpha value is -1.00. The second-order valence-electron chi connectivity index (χ2n) is 4.36. The van der Waals surface area contributed by atoms with Gasteiger partial charge in [-0.2, -0.15) is 0 Å². The van der Waals surface area contributed by atoms with Gasteiger partial charge in [0.2, 0.25) is 0 Å². The van der Waals surface area contributed by atoms with E-state index >= 15 is 0 Å². The zero-order valence-corrected chi connectivity index (χ0v) is 9.29. The molecule has 1 aromatic carbocycles. The Balaban J connectivity index is 2.20. The van der Waals surface area contributed by atoms with Gasteiger partial charge in [-0.1, -0.05) is 12.1 Å². The van der Waals surface area contributed by atoms with Crippen LogP contribution in [0.3, 0.4) is 0 Å². The molecule has 0 aromatic heterocycles. The SMILES string of the molecule is CC(c1cccc(F)c1F)N1CCC(N)C1. The van der Waals surface area contributed by atoms with Crippen molar-refractivity contribution in [1.82, 2.24) is 4.90 Å². The van der Waals surface area contributed by atoms with Crippen LogP contribution in [-0.4, -0.2) is 24.0 Å². The highest BCUT2D eigenvalue weighted by atomic mass is 19.2. The first-order valence-corrected chi connectivity index (χ1v) is 5.53. The molecule has 2 unspecified atom stereocenters. The summed E-state index contributed by atoms with van der Waals surface area (Å²) in [5.74, 6) is -1.52. The van der Waals surface area contributed by atoms with Crippen LogP contribution in [0, 0.1) is 11.6 Å². The van der Waals surface area contributed by atoms with Crippen molar-refractivity contribution in [2.45, 2.75) is 25.4 Å². The van der Waals surface area contributed by atoms with Gasteiger partial charge in [0.05, 0.1) is 0 Å². The van der Waals surface area contributed by atoms with Gasteiger partial charge in [0.25, 0.3) is 0 Å². The number of hydrogen-bond donors (Lipinski definition) is 1. The largest absolute Gasteiger partial charge is 0.326 e. The van der Waals surface area contributed by atoms with Gasteiger partial charge >= 0.3 is 0 Å². The molecule has 0 aliphatic carbocycles. The minimum absolute atomic E-state index is 0.121. The summed E-state index contributed by atoms with van der Waals surface area (Å²) in [5.41, 5.74) is 6.21. The smallest absolute Gasteiger partial charge is 0.163 e. The third-order valence-electron chi connectivity index (χ3n) is 3.24. The molecule has 1 aliphatic heterocycles. The first-order valence-electron chi connectivity index (χ1n) is 5.53. The summed E-state index contributed by atoms with van der Waals surface area (Å²) in [6.45, 7) is 3.48. The van der Waals surface area contributed by atoms with Crippen molar-refractivity contribution in [2.24, 2.45) is 5.73 Å². The normalized spacial score (nSPS) is 23.6. The molecule has 0 amide bonds. The number of rotatable bonds is 2. The van der Waals surface area contributed by atoms with E-state index in [1.54, 1.807) is 12.1 Å². The predicted molar refractivity (Wildman–Crippen MR) is 58.9 cm³/mol. The lowest BCUT2D eigenvalue weighted by atomic mass is 10.1. The van der Waals surface area contributed by atoms with E-state index in [-0.39, 0.29) is 12.1 Å². The molecule has 16 heavy (non-hydrogen) atoms. The molecule has 1 fully saturated rings. The number of nitrogens with zero attached hydrogens (tertiary/aromatic N) is 1. The van der Waals surface area contributed by atoms with Gasteiger partial charge in [-0.15, -0.1) is 0 Å². The van der Waals surface area contributed by atoms with Gasteiger partial charge in [0.15, 0.2) is 11.6 Å². The van der Waals surface area contributed by atoms with E-state index in [2.05, 4.69) is 4.90 Å². The van der Waals surface area contributed by atoms with Crippen molar-refractivity contribution < 1.29 is 8.78 Å². The molecule has 2 atom stereocenters. The maximum Gasteiger partial charge on any atom is 0.163 e. The minimum Gasteiger partial charge on any atom is -0.326 e. The summed E-state index contributed by atoms with van der Waals surface area (Å²) in [6, 6.07) is 4.34. The lowest BCUT2D eigenvalue weighted by Crippen LogP contribution is -2.29. The van der Waals surface area contributed by atoms with Crippen LogP contribution >= 0.6 is 0 Å². The van der Waals surface area contributed by atoms with E-state index in [0.717, 1.165) is 25.6 Å². The number of halogens is 2. The molecule has 2 nitrogen and oxygen atoms in total. The molecule has 1 aliphatic rings. The van der Waals surface area contributed by atoms with E-state index in [9.17, 15) is 8.78 Å². The van der Waals surface area contributed by atoms with E-state index < -0.39 is 11.6 Å². The summed E-state index contributed by atoms with van der Waals surface area (Å²) >= 11 is 0. The first-order chi connectivity index (χ1) is 7.59. The van der Waals surface area contributed by atoms with E-state index in [4.69, 9.17) is 5.73 Å². The van der Waals surface area contributed by atoms with Crippen molar-refractivity contribution in [3.63, 3.8) is 0 Å². The van der Waals surface area contributed by atoms with Crippen molar-refractivity contribution in [2.75, 3.05) is 13.1 Å². The van der Waals surface area contributed by atoms with Gasteiger partial charge in [-0.05, 0) is 19.4 Å². The van der Waals surface area contributed by atoms with Crippen molar-refractivity contribution in [1.29, 1.82) is 0 Å². The molecule has 0 saturated carbocycles. The molecule has 0 bridgehead atoms. The van der Waals surface area contributed by atoms with Gasteiger partial charge in [0, 0.05) is 30.7 Å². The fourth-order valence-electron chi connectivity index (χ4n) is 2.21. The standard InChI is InChI=1S/C12H16F2N2/c1-8(16-6-5-9(15)7-16)10-3-2-4-11(13)12(10)14/h2-4,8-9H,5-7,15H2,1H3. The lowest BCUT2D eigenvalue weighted by Gasteiger charge is -2.24.